The second-order valence-electron chi connectivity index (χ2n) is 9.75. The van der Waals surface area contributed by atoms with Crippen LogP contribution in [-0.2, 0) is 10.0 Å². The molecule has 36 heavy (non-hydrogen) atoms. The van der Waals surface area contributed by atoms with Gasteiger partial charge in [0.2, 0.25) is 10.0 Å². The number of carbonyl (C=O) groups excluding carboxylic acids is 1. The number of aromatic nitrogens is 3. The zero-order chi connectivity index (χ0) is 25.4. The number of amides is 1. The van der Waals surface area contributed by atoms with Crippen molar-refractivity contribution in [3.05, 3.63) is 59.7 Å². The second-order valence-corrected chi connectivity index (χ2v) is 12.2. The largest absolute Gasteiger partial charge is 0.348 e. The predicted octanol–water partition coefficient (Wildman–Crippen LogP) is 3.14. The summed E-state index contributed by atoms with van der Waals surface area (Å²) in [4.78, 5) is 19.6. The Balaban J connectivity index is 1.32. The van der Waals surface area contributed by atoms with E-state index in [0.717, 1.165) is 24.9 Å². The number of anilines is 1. The number of rotatable bonds is 6. The Morgan fingerprint density at radius 2 is 1.89 bits per heavy atom. The summed E-state index contributed by atoms with van der Waals surface area (Å²) in [5.41, 5.74) is 1.79. The summed E-state index contributed by atoms with van der Waals surface area (Å²) in [6.07, 6.45) is 4.47. The molecule has 0 unspecified atom stereocenters. The van der Waals surface area contributed by atoms with E-state index >= 15 is 0 Å². The van der Waals surface area contributed by atoms with Crippen LogP contribution in [0, 0.1) is 5.82 Å². The van der Waals surface area contributed by atoms with Crippen LogP contribution in [-0.4, -0.2) is 64.2 Å². The van der Waals surface area contributed by atoms with E-state index in [1.807, 2.05) is 18.2 Å². The molecule has 9 nitrogen and oxygen atoms in total. The Hall–Kier alpha value is -3.05. The lowest BCUT2D eigenvalue weighted by atomic mass is 10.0. The van der Waals surface area contributed by atoms with Crippen molar-refractivity contribution in [2.75, 3.05) is 24.5 Å². The number of halogens is 1. The topological polar surface area (TPSA) is 99.9 Å². The average Bonchev–Trinajstić information content (AvgIpc) is 3.51. The lowest BCUT2D eigenvalue weighted by Crippen LogP contribution is -2.48. The average molecular weight is 515 g/mol. The number of fused-ring (bicyclic) bond motifs is 1. The highest BCUT2D eigenvalue weighted by molar-refractivity contribution is 7.89. The number of nitrogens with zero attached hydrogens (tertiary/aromatic N) is 5. The molecule has 3 aromatic rings. The Morgan fingerprint density at radius 3 is 2.61 bits per heavy atom. The van der Waals surface area contributed by atoms with Crippen LogP contribution < -0.4 is 10.2 Å². The van der Waals surface area contributed by atoms with Gasteiger partial charge in [0.05, 0.1) is 17.5 Å². The zero-order valence-electron chi connectivity index (χ0n) is 20.5. The molecule has 5 rings (SSSR count). The SMILES string of the molecule is CC(C)S(=O)(=O)N1CCC(NC(=O)c2cnc3ccc(N4CCC[C@@H]4c4cccc(F)c4)nn23)CC1. The number of hydrogen-bond acceptors (Lipinski definition) is 6. The molecule has 0 bridgehead atoms. The molecule has 0 spiro atoms. The highest BCUT2D eigenvalue weighted by atomic mass is 32.2. The summed E-state index contributed by atoms with van der Waals surface area (Å²) in [6, 6.07) is 10.3. The first-order valence-corrected chi connectivity index (χ1v) is 13.9. The van der Waals surface area contributed by atoms with Gasteiger partial charge in [-0.25, -0.2) is 26.6 Å². The molecule has 1 amide bonds. The fraction of sp³-hybridized carbons (Fsp3) is 0.480. The number of sulfonamides is 1. The molecular weight excluding hydrogens is 483 g/mol. The number of piperidine rings is 1. The highest BCUT2D eigenvalue weighted by Gasteiger charge is 2.32. The quantitative estimate of drug-likeness (QED) is 0.543. The molecule has 2 aliphatic heterocycles. The summed E-state index contributed by atoms with van der Waals surface area (Å²) in [6.45, 7) is 4.91. The van der Waals surface area contributed by atoms with E-state index in [0.29, 0.717) is 43.1 Å². The molecule has 1 N–H and O–H groups in total. The van der Waals surface area contributed by atoms with E-state index < -0.39 is 15.3 Å². The van der Waals surface area contributed by atoms with Crippen LogP contribution in [0.2, 0.25) is 0 Å². The van der Waals surface area contributed by atoms with Crippen molar-refractivity contribution >= 4 is 27.4 Å². The van der Waals surface area contributed by atoms with E-state index in [2.05, 4.69) is 15.2 Å². The molecule has 2 saturated heterocycles. The maximum Gasteiger partial charge on any atom is 0.271 e. The van der Waals surface area contributed by atoms with Crippen molar-refractivity contribution in [3.8, 4) is 0 Å². The van der Waals surface area contributed by atoms with E-state index in [4.69, 9.17) is 5.10 Å². The van der Waals surface area contributed by atoms with Crippen LogP contribution in [0.5, 0.6) is 0 Å². The summed E-state index contributed by atoms with van der Waals surface area (Å²) < 4.78 is 41.7. The molecule has 1 atom stereocenters. The summed E-state index contributed by atoms with van der Waals surface area (Å²) in [5.74, 6) is 0.151. The fourth-order valence-electron chi connectivity index (χ4n) is 5.09. The van der Waals surface area contributed by atoms with Gasteiger partial charge in [0.1, 0.15) is 11.6 Å². The Morgan fingerprint density at radius 1 is 1.11 bits per heavy atom. The fourth-order valence-corrected chi connectivity index (χ4v) is 6.40. The maximum absolute atomic E-state index is 13.8. The highest BCUT2D eigenvalue weighted by Crippen LogP contribution is 2.35. The number of carbonyl (C=O) groups is 1. The third kappa shape index (κ3) is 4.69. The molecule has 192 valence electrons. The smallest absolute Gasteiger partial charge is 0.271 e. The zero-order valence-corrected chi connectivity index (χ0v) is 21.3. The second kappa shape index (κ2) is 9.78. The molecule has 2 aromatic heterocycles. The molecule has 0 aliphatic carbocycles. The van der Waals surface area contributed by atoms with Gasteiger partial charge in [0, 0.05) is 25.7 Å². The predicted molar refractivity (Wildman–Crippen MR) is 135 cm³/mol. The van der Waals surface area contributed by atoms with Gasteiger partial charge in [-0.05, 0) is 69.4 Å². The standard InChI is InChI=1S/C25H31FN6O3S/c1-17(2)36(34,35)30-13-10-20(11-14-30)28-25(33)22-16-27-23-8-9-24(29-32(22)23)31-12-4-7-21(31)18-5-3-6-19(26)15-18/h3,5-6,8-9,15-17,20-21H,4,7,10-14H2,1-2H3,(H,28,33)/t21-/m1/s1. The van der Waals surface area contributed by atoms with E-state index in [1.165, 1.54) is 16.6 Å². The molecule has 2 fully saturated rings. The first kappa shape index (κ1) is 24.6. The van der Waals surface area contributed by atoms with Gasteiger partial charge >= 0.3 is 0 Å². The first-order chi connectivity index (χ1) is 17.2. The number of imidazole rings is 1. The Bertz CT molecular complexity index is 1370. The van der Waals surface area contributed by atoms with Crippen LogP contribution >= 0.6 is 0 Å². The minimum atomic E-state index is -3.29. The van der Waals surface area contributed by atoms with Gasteiger partial charge < -0.3 is 10.2 Å². The van der Waals surface area contributed by atoms with Crippen LogP contribution in [0.1, 0.15) is 61.6 Å². The van der Waals surface area contributed by atoms with Crippen molar-refractivity contribution in [2.24, 2.45) is 0 Å². The monoisotopic (exact) mass is 514 g/mol. The third-order valence-electron chi connectivity index (χ3n) is 7.11. The van der Waals surface area contributed by atoms with Crippen molar-refractivity contribution in [1.29, 1.82) is 0 Å². The number of hydrogen-bond donors (Lipinski definition) is 1. The normalized spacial score (nSPS) is 19.9. The Labute approximate surface area is 210 Å². The molecule has 0 radical (unpaired) electrons. The maximum atomic E-state index is 13.8. The minimum absolute atomic E-state index is 0.0127. The molecule has 1 aromatic carbocycles. The summed E-state index contributed by atoms with van der Waals surface area (Å²) >= 11 is 0. The van der Waals surface area contributed by atoms with Gasteiger partial charge in [-0.2, -0.15) is 0 Å². The molecule has 2 aliphatic rings. The molecule has 0 saturated carbocycles. The van der Waals surface area contributed by atoms with E-state index in [-0.39, 0.29) is 23.8 Å². The van der Waals surface area contributed by atoms with Crippen molar-refractivity contribution in [2.45, 2.75) is 56.9 Å². The van der Waals surface area contributed by atoms with Crippen LogP contribution in [0.15, 0.2) is 42.6 Å². The minimum Gasteiger partial charge on any atom is -0.348 e. The van der Waals surface area contributed by atoms with Gasteiger partial charge in [-0.15, -0.1) is 5.10 Å². The van der Waals surface area contributed by atoms with E-state index in [1.54, 1.807) is 30.5 Å². The number of nitrogens with one attached hydrogen (secondary N) is 1. The molecule has 4 heterocycles. The Kier molecular flexibility index (Phi) is 6.69. The van der Waals surface area contributed by atoms with Gasteiger partial charge in [-0.1, -0.05) is 12.1 Å². The third-order valence-corrected chi connectivity index (χ3v) is 9.38. The number of benzene rings is 1. The molecule has 11 heteroatoms. The van der Waals surface area contributed by atoms with Crippen LogP contribution in [0.4, 0.5) is 10.2 Å². The van der Waals surface area contributed by atoms with Gasteiger partial charge in [0.15, 0.2) is 11.3 Å². The van der Waals surface area contributed by atoms with Gasteiger partial charge in [0.25, 0.3) is 5.91 Å². The van der Waals surface area contributed by atoms with Crippen LogP contribution in [0.25, 0.3) is 5.65 Å². The van der Waals surface area contributed by atoms with Crippen LogP contribution in [0.3, 0.4) is 0 Å². The molecular formula is C25H31FN6O3S. The van der Waals surface area contributed by atoms with Crippen molar-refractivity contribution in [1.82, 2.24) is 24.2 Å². The van der Waals surface area contributed by atoms with Crippen molar-refractivity contribution in [3.63, 3.8) is 0 Å². The van der Waals surface area contributed by atoms with Crippen molar-refractivity contribution < 1.29 is 17.6 Å². The van der Waals surface area contributed by atoms with E-state index in [9.17, 15) is 17.6 Å². The van der Waals surface area contributed by atoms with Gasteiger partial charge in [-0.3, -0.25) is 4.79 Å². The lowest BCUT2D eigenvalue weighted by molar-refractivity contribution is 0.0916. The first-order valence-electron chi connectivity index (χ1n) is 12.4. The summed E-state index contributed by atoms with van der Waals surface area (Å²) in [7, 11) is -3.29. The summed E-state index contributed by atoms with van der Waals surface area (Å²) in [5, 5.41) is 7.30. The lowest BCUT2D eigenvalue weighted by Gasteiger charge is -2.32.